The van der Waals surface area contributed by atoms with Crippen molar-refractivity contribution in [1.82, 2.24) is 0 Å². The molecule has 0 aliphatic carbocycles. The van der Waals surface area contributed by atoms with Gasteiger partial charge in [0, 0.05) is 0 Å². The van der Waals surface area contributed by atoms with Crippen LogP contribution in [-0.2, 0) is 14.2 Å². The molecule has 0 unspecified atom stereocenters. The highest BCUT2D eigenvalue weighted by atomic mass is 16.5. The van der Waals surface area contributed by atoms with Crippen molar-refractivity contribution in [2.45, 2.75) is 0 Å². The van der Waals surface area contributed by atoms with E-state index >= 15 is 0 Å². The molecule has 0 fully saturated rings. The summed E-state index contributed by atoms with van der Waals surface area (Å²) in [5.41, 5.74) is 0.618. The first-order valence-electron chi connectivity index (χ1n) is 4.37. The summed E-state index contributed by atoms with van der Waals surface area (Å²) >= 11 is 0. The highest BCUT2D eigenvalue weighted by molar-refractivity contribution is 6.60. The van der Waals surface area contributed by atoms with Gasteiger partial charge in [0.05, 0.1) is 19.4 Å². The van der Waals surface area contributed by atoms with Crippen LogP contribution in [0, 0.1) is 0 Å². The van der Waals surface area contributed by atoms with E-state index in [1.807, 2.05) is 6.07 Å². The predicted molar refractivity (Wildman–Crippen MR) is 56.3 cm³/mol. The number of methoxy groups -OCH3 is 1. The Morgan fingerprint density at radius 3 is 2.67 bits per heavy atom. The maximum Gasteiger partial charge on any atom is 0.559 e. The molecule has 1 rings (SSSR count). The highest BCUT2D eigenvalue weighted by Gasteiger charge is 2.15. The van der Waals surface area contributed by atoms with E-state index in [0.717, 1.165) is 12.3 Å². The molecule has 0 saturated carbocycles. The largest absolute Gasteiger partial charge is 0.559 e. The molecule has 0 aromatic heterocycles. The van der Waals surface area contributed by atoms with Gasteiger partial charge < -0.3 is 14.4 Å². The van der Waals surface area contributed by atoms with Crippen molar-refractivity contribution in [3.63, 3.8) is 0 Å². The zero-order valence-corrected chi connectivity index (χ0v) is 8.29. The Kier molecular flexibility index (Phi) is 4.44. The van der Waals surface area contributed by atoms with Gasteiger partial charge in [-0.05, 0) is 5.46 Å². The Morgan fingerprint density at radius 2 is 2.07 bits per heavy atom. The van der Waals surface area contributed by atoms with Crippen LogP contribution in [0.1, 0.15) is 0 Å². The van der Waals surface area contributed by atoms with Crippen LogP contribution in [-0.4, -0.2) is 25.2 Å². The van der Waals surface area contributed by atoms with Crippen LogP contribution in [0.4, 0.5) is 0 Å². The molecule has 0 heterocycles. The maximum atomic E-state index is 10.7. The van der Waals surface area contributed by atoms with E-state index in [9.17, 15) is 9.82 Å². The van der Waals surface area contributed by atoms with Gasteiger partial charge in [-0.25, -0.2) is 4.79 Å². The van der Waals surface area contributed by atoms with E-state index in [1.54, 1.807) is 24.3 Å². The molecule has 78 valence electrons. The van der Waals surface area contributed by atoms with Gasteiger partial charge in [-0.3, -0.25) is 0 Å². The van der Waals surface area contributed by atoms with E-state index in [4.69, 9.17) is 4.65 Å². The molecule has 5 heteroatoms. The molecule has 1 aromatic rings. The number of carbonyl (C=O) groups excluding carboxylic acids is 1. The number of hydrogen-bond acceptors (Lipinski definition) is 4. The quantitative estimate of drug-likeness (QED) is 0.328. The summed E-state index contributed by atoms with van der Waals surface area (Å²) in [6.45, 7) is 0. The number of esters is 1. The first-order valence-corrected chi connectivity index (χ1v) is 4.37. The fraction of sp³-hybridized carbons (Fsp3) is 0.100. The van der Waals surface area contributed by atoms with Gasteiger partial charge in [0.25, 0.3) is 0 Å². The Bertz CT molecular complexity index is 337. The van der Waals surface area contributed by atoms with Gasteiger partial charge in [0.1, 0.15) is 0 Å². The third kappa shape index (κ3) is 3.87. The van der Waals surface area contributed by atoms with Crippen LogP contribution in [0.3, 0.4) is 0 Å². The van der Waals surface area contributed by atoms with Crippen LogP contribution in [0.2, 0.25) is 0 Å². The minimum absolute atomic E-state index is 0.532. The van der Waals surface area contributed by atoms with Crippen LogP contribution in [0.5, 0.6) is 0 Å². The van der Waals surface area contributed by atoms with Crippen molar-refractivity contribution in [3.8, 4) is 0 Å². The highest BCUT2D eigenvalue weighted by Crippen LogP contribution is 1.89. The summed E-state index contributed by atoms with van der Waals surface area (Å²) < 4.78 is 9.23. The summed E-state index contributed by atoms with van der Waals surface area (Å²) in [5.74, 6) is -0.532. The fourth-order valence-corrected chi connectivity index (χ4v) is 0.934. The zero-order valence-electron chi connectivity index (χ0n) is 8.29. The standard InChI is InChI=1S/C10H11BO4/c1-14-10(12)7-8-15-11(13)9-5-3-2-4-6-9/h2-8,13H,1H3. The fourth-order valence-electron chi connectivity index (χ4n) is 0.934. The number of rotatable bonds is 4. The third-order valence-corrected chi connectivity index (χ3v) is 1.70. The number of carbonyl (C=O) groups is 1. The second kappa shape index (κ2) is 5.88. The van der Waals surface area contributed by atoms with Crippen molar-refractivity contribution < 1.29 is 19.2 Å². The Balaban J connectivity index is 2.47. The lowest BCUT2D eigenvalue weighted by Crippen LogP contribution is -2.31. The molecule has 0 bridgehead atoms. The Morgan fingerprint density at radius 1 is 1.40 bits per heavy atom. The van der Waals surface area contributed by atoms with Crippen LogP contribution >= 0.6 is 0 Å². The van der Waals surface area contributed by atoms with Gasteiger partial charge in [-0.15, -0.1) is 0 Å². The molecule has 4 nitrogen and oxygen atoms in total. The third-order valence-electron chi connectivity index (χ3n) is 1.70. The molecule has 1 aromatic carbocycles. The van der Waals surface area contributed by atoms with Crippen molar-refractivity contribution in [2.75, 3.05) is 7.11 Å². The molecule has 0 spiro atoms. The van der Waals surface area contributed by atoms with E-state index in [0.29, 0.717) is 5.46 Å². The van der Waals surface area contributed by atoms with Gasteiger partial charge in [0.15, 0.2) is 0 Å². The molecule has 15 heavy (non-hydrogen) atoms. The first kappa shape index (κ1) is 11.3. The number of benzene rings is 1. The average molecular weight is 206 g/mol. The topological polar surface area (TPSA) is 55.8 Å². The predicted octanol–water partition coefficient (Wildman–Crippen LogP) is 0.0774. The molecule has 0 saturated heterocycles. The summed E-state index contributed by atoms with van der Waals surface area (Å²) in [6.07, 6.45) is 2.19. The second-order valence-electron chi connectivity index (χ2n) is 2.73. The SMILES string of the molecule is COC(=O)C=COB(O)c1ccccc1. The monoisotopic (exact) mass is 206 g/mol. The molecular weight excluding hydrogens is 195 g/mol. The van der Waals surface area contributed by atoms with Crippen molar-refractivity contribution >= 4 is 18.6 Å². The van der Waals surface area contributed by atoms with E-state index in [2.05, 4.69) is 4.74 Å². The van der Waals surface area contributed by atoms with Gasteiger partial charge in [-0.2, -0.15) is 0 Å². The Hall–Kier alpha value is -1.75. The maximum absolute atomic E-state index is 10.7. The lowest BCUT2D eigenvalue weighted by Gasteiger charge is -2.04. The van der Waals surface area contributed by atoms with Gasteiger partial charge in [-0.1, -0.05) is 30.3 Å². The minimum atomic E-state index is -1.08. The summed E-state index contributed by atoms with van der Waals surface area (Å²) in [4.78, 5) is 10.7. The number of hydrogen-bond donors (Lipinski definition) is 1. The molecule has 1 N–H and O–H groups in total. The minimum Gasteiger partial charge on any atom is -0.538 e. The van der Waals surface area contributed by atoms with E-state index < -0.39 is 13.1 Å². The van der Waals surface area contributed by atoms with Crippen molar-refractivity contribution in [3.05, 3.63) is 42.7 Å². The Labute approximate surface area is 88.3 Å². The average Bonchev–Trinajstić information content (AvgIpc) is 2.29. The first-order chi connectivity index (χ1) is 7.24. The van der Waals surface area contributed by atoms with Crippen LogP contribution < -0.4 is 5.46 Å². The summed E-state index contributed by atoms with van der Waals surface area (Å²) in [5, 5.41) is 9.48. The molecule has 0 radical (unpaired) electrons. The molecule has 0 amide bonds. The molecule has 0 atom stereocenters. The van der Waals surface area contributed by atoms with Crippen LogP contribution in [0.25, 0.3) is 0 Å². The van der Waals surface area contributed by atoms with E-state index in [1.165, 1.54) is 7.11 Å². The zero-order chi connectivity index (χ0) is 11.1. The second-order valence-corrected chi connectivity index (χ2v) is 2.73. The molecular formula is C10H11BO4. The van der Waals surface area contributed by atoms with Gasteiger partial charge in [0.2, 0.25) is 0 Å². The lowest BCUT2D eigenvalue weighted by molar-refractivity contribution is -0.134. The van der Waals surface area contributed by atoms with Gasteiger partial charge >= 0.3 is 13.1 Å². The van der Waals surface area contributed by atoms with Crippen LogP contribution in [0.15, 0.2) is 42.7 Å². The normalized spacial score (nSPS) is 10.0. The lowest BCUT2D eigenvalue weighted by atomic mass is 9.80. The van der Waals surface area contributed by atoms with Crippen molar-refractivity contribution in [2.24, 2.45) is 0 Å². The molecule has 0 aliphatic heterocycles. The van der Waals surface area contributed by atoms with Crippen molar-refractivity contribution in [1.29, 1.82) is 0 Å². The number of ether oxygens (including phenoxy) is 1. The summed E-state index contributed by atoms with van der Waals surface area (Å²) in [7, 11) is 0.187. The smallest absolute Gasteiger partial charge is 0.538 e. The van der Waals surface area contributed by atoms with E-state index in [-0.39, 0.29) is 0 Å². The summed E-state index contributed by atoms with van der Waals surface area (Å²) in [6, 6.07) is 8.84. The molecule has 0 aliphatic rings.